The van der Waals surface area contributed by atoms with Crippen LogP contribution in [0.3, 0.4) is 0 Å². The first-order valence-electron chi connectivity index (χ1n) is 7.75. The Balaban J connectivity index is 2.09. The lowest BCUT2D eigenvalue weighted by Gasteiger charge is -2.35. The van der Waals surface area contributed by atoms with Crippen molar-refractivity contribution < 1.29 is 17.9 Å². The van der Waals surface area contributed by atoms with E-state index in [4.69, 9.17) is 4.74 Å². The van der Waals surface area contributed by atoms with E-state index in [1.807, 2.05) is 13.0 Å². The Morgan fingerprint density at radius 3 is 2.29 bits per heavy atom. The number of benzene rings is 1. The highest BCUT2D eigenvalue weighted by Gasteiger charge is 2.32. The quantitative estimate of drug-likeness (QED) is 0.739. The molecule has 1 fully saturated rings. The summed E-state index contributed by atoms with van der Waals surface area (Å²) in [7, 11) is -3.59. The van der Waals surface area contributed by atoms with Gasteiger partial charge in [0.1, 0.15) is 5.60 Å². The summed E-state index contributed by atoms with van der Waals surface area (Å²) in [6.07, 6.45) is -0.406. The summed E-state index contributed by atoms with van der Waals surface area (Å²) in [4.78, 5) is 13.9. The van der Waals surface area contributed by atoms with Crippen LogP contribution < -0.4 is 0 Å². The van der Waals surface area contributed by atoms with Crippen LogP contribution in [0.5, 0.6) is 0 Å². The van der Waals surface area contributed by atoms with Crippen molar-refractivity contribution in [3.63, 3.8) is 0 Å². The van der Waals surface area contributed by atoms with Crippen molar-refractivity contribution in [2.75, 3.05) is 26.2 Å². The molecule has 1 aliphatic heterocycles. The molecule has 2 rings (SSSR count). The number of hydrogen-bond donors (Lipinski definition) is 0. The first kappa shape index (κ1) is 19.2. The number of halogens is 1. The molecular formula is C16H23BrN2O4S. The SMILES string of the molecule is Cc1ccc(Br)c(S(=O)(=O)N2CCN(C(=O)OC(C)(C)C)CC2)c1. The van der Waals surface area contributed by atoms with Crippen LogP contribution in [0.15, 0.2) is 27.6 Å². The molecule has 0 saturated carbocycles. The van der Waals surface area contributed by atoms with E-state index in [1.165, 1.54) is 4.31 Å². The number of rotatable bonds is 2. The van der Waals surface area contributed by atoms with Gasteiger partial charge < -0.3 is 9.64 Å². The second-order valence-electron chi connectivity index (χ2n) is 6.81. The van der Waals surface area contributed by atoms with Crippen molar-refractivity contribution >= 4 is 32.0 Å². The molecule has 0 unspecified atom stereocenters. The first-order valence-corrected chi connectivity index (χ1v) is 9.98. The number of nitrogens with zero attached hydrogens (tertiary/aromatic N) is 2. The maximum Gasteiger partial charge on any atom is 0.410 e. The first-order chi connectivity index (χ1) is 11.0. The average Bonchev–Trinajstić information content (AvgIpc) is 2.48. The topological polar surface area (TPSA) is 66.9 Å². The summed E-state index contributed by atoms with van der Waals surface area (Å²) in [5.74, 6) is 0. The molecular weight excluding hydrogens is 396 g/mol. The van der Waals surface area contributed by atoms with E-state index < -0.39 is 21.7 Å². The fourth-order valence-corrected chi connectivity index (χ4v) is 4.82. The lowest BCUT2D eigenvalue weighted by atomic mass is 10.2. The fraction of sp³-hybridized carbons (Fsp3) is 0.562. The summed E-state index contributed by atoms with van der Waals surface area (Å²) < 4.78 is 32.9. The molecule has 0 atom stereocenters. The maximum absolute atomic E-state index is 12.8. The molecule has 0 spiro atoms. The van der Waals surface area contributed by atoms with Gasteiger partial charge in [-0.3, -0.25) is 0 Å². The third-order valence-electron chi connectivity index (χ3n) is 3.59. The standard InChI is InChI=1S/C16H23BrN2O4S/c1-12-5-6-13(17)14(11-12)24(21,22)19-9-7-18(8-10-19)15(20)23-16(2,3)4/h5-6,11H,7-10H2,1-4H3. The predicted molar refractivity (Wildman–Crippen MR) is 95.4 cm³/mol. The molecule has 8 heteroatoms. The van der Waals surface area contributed by atoms with Gasteiger partial charge in [-0.25, -0.2) is 13.2 Å². The van der Waals surface area contributed by atoms with Crippen LogP contribution in [-0.4, -0.2) is 55.5 Å². The highest BCUT2D eigenvalue weighted by molar-refractivity contribution is 9.10. The number of aryl methyl sites for hydroxylation is 1. The van der Waals surface area contributed by atoms with Crippen LogP contribution >= 0.6 is 15.9 Å². The Bertz CT molecular complexity index is 720. The number of piperazine rings is 1. The van der Waals surface area contributed by atoms with Gasteiger partial charge in [-0.15, -0.1) is 0 Å². The van der Waals surface area contributed by atoms with E-state index in [2.05, 4.69) is 15.9 Å². The van der Waals surface area contributed by atoms with Gasteiger partial charge in [0.2, 0.25) is 10.0 Å². The molecule has 1 amide bonds. The van der Waals surface area contributed by atoms with E-state index in [0.717, 1.165) is 5.56 Å². The van der Waals surface area contributed by atoms with Crippen molar-refractivity contribution in [1.29, 1.82) is 0 Å². The van der Waals surface area contributed by atoms with Gasteiger partial charge >= 0.3 is 6.09 Å². The minimum absolute atomic E-state index is 0.252. The summed E-state index contributed by atoms with van der Waals surface area (Å²) in [5.41, 5.74) is 0.316. The number of amides is 1. The lowest BCUT2D eigenvalue weighted by Crippen LogP contribution is -2.51. The van der Waals surface area contributed by atoms with Crippen LogP contribution in [0, 0.1) is 6.92 Å². The number of ether oxygens (including phenoxy) is 1. The number of hydrogen-bond acceptors (Lipinski definition) is 4. The summed E-state index contributed by atoms with van der Waals surface area (Å²) in [6, 6.07) is 5.24. The molecule has 0 aliphatic carbocycles. The van der Waals surface area contributed by atoms with E-state index in [9.17, 15) is 13.2 Å². The van der Waals surface area contributed by atoms with Crippen LogP contribution in [0.2, 0.25) is 0 Å². The van der Waals surface area contributed by atoms with Crippen molar-refractivity contribution in [1.82, 2.24) is 9.21 Å². The minimum Gasteiger partial charge on any atom is -0.444 e. The Morgan fingerprint density at radius 2 is 1.75 bits per heavy atom. The zero-order chi connectivity index (χ0) is 18.1. The van der Waals surface area contributed by atoms with Gasteiger partial charge in [0, 0.05) is 30.7 Å². The molecule has 1 saturated heterocycles. The summed E-state index contributed by atoms with van der Waals surface area (Å²) in [5, 5.41) is 0. The second kappa shape index (κ2) is 7.01. The normalized spacial score (nSPS) is 17.0. The zero-order valence-corrected chi connectivity index (χ0v) is 16.8. The molecule has 1 aliphatic rings. The van der Waals surface area contributed by atoms with Gasteiger partial charge in [-0.1, -0.05) is 6.07 Å². The Labute approximate surface area is 151 Å². The van der Waals surface area contributed by atoms with Gasteiger partial charge in [-0.05, 0) is 61.3 Å². The molecule has 6 nitrogen and oxygen atoms in total. The highest BCUT2D eigenvalue weighted by Crippen LogP contribution is 2.27. The van der Waals surface area contributed by atoms with Crippen molar-refractivity contribution in [3.8, 4) is 0 Å². The summed E-state index contributed by atoms with van der Waals surface area (Å²) >= 11 is 3.31. The lowest BCUT2D eigenvalue weighted by molar-refractivity contribution is 0.0192. The Morgan fingerprint density at radius 1 is 1.17 bits per heavy atom. The predicted octanol–water partition coefficient (Wildman–Crippen LogP) is 3.00. The van der Waals surface area contributed by atoms with Gasteiger partial charge in [-0.2, -0.15) is 4.31 Å². The Hall–Kier alpha value is -1.12. The fourth-order valence-electron chi connectivity index (χ4n) is 2.38. The van der Waals surface area contributed by atoms with E-state index in [1.54, 1.807) is 37.8 Å². The molecule has 1 aromatic carbocycles. The molecule has 24 heavy (non-hydrogen) atoms. The van der Waals surface area contributed by atoms with Crippen LogP contribution in [-0.2, 0) is 14.8 Å². The summed E-state index contributed by atoms with van der Waals surface area (Å²) in [6.45, 7) is 8.41. The van der Waals surface area contributed by atoms with Crippen LogP contribution in [0.1, 0.15) is 26.3 Å². The van der Waals surface area contributed by atoms with E-state index >= 15 is 0 Å². The number of carbonyl (C=O) groups excluding carboxylic acids is 1. The average molecular weight is 419 g/mol. The van der Waals surface area contributed by atoms with Crippen molar-refractivity contribution in [2.24, 2.45) is 0 Å². The molecule has 1 aromatic rings. The number of sulfonamides is 1. The van der Waals surface area contributed by atoms with Crippen molar-refractivity contribution in [3.05, 3.63) is 28.2 Å². The smallest absolute Gasteiger partial charge is 0.410 e. The second-order valence-corrected chi connectivity index (χ2v) is 9.57. The largest absolute Gasteiger partial charge is 0.444 e. The third-order valence-corrected chi connectivity index (χ3v) is 6.49. The van der Waals surface area contributed by atoms with Crippen molar-refractivity contribution in [2.45, 2.75) is 38.2 Å². The molecule has 1 heterocycles. The molecule has 0 radical (unpaired) electrons. The van der Waals surface area contributed by atoms with E-state index in [-0.39, 0.29) is 18.0 Å². The molecule has 134 valence electrons. The zero-order valence-electron chi connectivity index (χ0n) is 14.4. The molecule has 0 bridgehead atoms. The van der Waals surface area contributed by atoms with Crippen LogP contribution in [0.25, 0.3) is 0 Å². The maximum atomic E-state index is 12.8. The molecule has 0 aromatic heterocycles. The van der Waals surface area contributed by atoms with Crippen LogP contribution in [0.4, 0.5) is 4.79 Å². The van der Waals surface area contributed by atoms with E-state index in [0.29, 0.717) is 17.6 Å². The molecule has 0 N–H and O–H groups in total. The minimum atomic E-state index is -3.59. The van der Waals surface area contributed by atoms with Gasteiger partial charge in [0.25, 0.3) is 0 Å². The monoisotopic (exact) mass is 418 g/mol. The highest BCUT2D eigenvalue weighted by atomic mass is 79.9. The van der Waals surface area contributed by atoms with Gasteiger partial charge in [0.05, 0.1) is 4.90 Å². The number of carbonyl (C=O) groups is 1. The van der Waals surface area contributed by atoms with Gasteiger partial charge in [0.15, 0.2) is 0 Å². The Kier molecular flexibility index (Phi) is 5.61. The third kappa shape index (κ3) is 4.49.